The van der Waals surface area contributed by atoms with Crippen molar-refractivity contribution in [3.8, 4) is 11.8 Å². The summed E-state index contributed by atoms with van der Waals surface area (Å²) in [6.07, 6.45) is 0. The first-order valence-corrected chi connectivity index (χ1v) is 9.67. The molecule has 0 aliphatic heterocycles. The average molecular weight is 428 g/mol. The summed E-state index contributed by atoms with van der Waals surface area (Å²) in [7, 11) is 1.53. The van der Waals surface area contributed by atoms with Gasteiger partial charge in [-0.2, -0.15) is 5.26 Å². The van der Waals surface area contributed by atoms with Gasteiger partial charge in [-0.3, -0.25) is 13.9 Å². The lowest BCUT2D eigenvalue weighted by atomic mass is 10.1. The Morgan fingerprint density at radius 3 is 2.57 bits per heavy atom. The number of hydrogen-bond donors (Lipinski definition) is 0. The standard InChI is InChI=1S/C22H22ClN3O4/c1-14(27)30-13-22(2,3)26-18-8-6-15(11-24)9-19(18)25(21(26)28)12-16-5-7-17(23)20(10-16)29-4/h5-10H,12-13H2,1-4H3. The first kappa shape index (κ1) is 21.5. The van der Waals surface area contributed by atoms with Gasteiger partial charge in [-0.1, -0.05) is 17.7 Å². The molecule has 0 aliphatic rings. The summed E-state index contributed by atoms with van der Waals surface area (Å²) in [5.74, 6) is 0.0961. The molecule has 0 spiro atoms. The van der Waals surface area contributed by atoms with Gasteiger partial charge < -0.3 is 9.47 Å². The largest absolute Gasteiger partial charge is 0.495 e. The maximum absolute atomic E-state index is 13.5. The number of fused-ring (bicyclic) bond motifs is 1. The second-order valence-corrected chi connectivity index (χ2v) is 7.99. The molecule has 7 nitrogen and oxygen atoms in total. The maximum atomic E-state index is 13.5. The minimum Gasteiger partial charge on any atom is -0.495 e. The molecule has 2 aromatic carbocycles. The number of rotatable bonds is 6. The predicted octanol–water partition coefficient (Wildman–Crippen LogP) is 3.68. The molecule has 0 unspecified atom stereocenters. The van der Waals surface area contributed by atoms with E-state index in [4.69, 9.17) is 21.1 Å². The second kappa shape index (κ2) is 8.25. The second-order valence-electron chi connectivity index (χ2n) is 7.58. The van der Waals surface area contributed by atoms with Crippen molar-refractivity contribution in [1.82, 2.24) is 9.13 Å². The molecule has 30 heavy (non-hydrogen) atoms. The van der Waals surface area contributed by atoms with Crippen LogP contribution < -0.4 is 10.4 Å². The van der Waals surface area contributed by atoms with E-state index < -0.39 is 11.5 Å². The van der Waals surface area contributed by atoms with Crippen LogP contribution in [0.4, 0.5) is 0 Å². The van der Waals surface area contributed by atoms with Crippen molar-refractivity contribution < 1.29 is 14.3 Å². The number of methoxy groups -OCH3 is 1. The smallest absolute Gasteiger partial charge is 0.330 e. The molecule has 8 heteroatoms. The average Bonchev–Trinajstić information content (AvgIpc) is 2.99. The topological polar surface area (TPSA) is 86.2 Å². The number of halogens is 1. The number of ether oxygens (including phenoxy) is 2. The van der Waals surface area contributed by atoms with Crippen LogP contribution in [-0.2, 0) is 21.6 Å². The Bertz CT molecular complexity index is 1220. The molecule has 156 valence electrons. The molecule has 0 fully saturated rings. The Morgan fingerprint density at radius 2 is 1.93 bits per heavy atom. The zero-order valence-electron chi connectivity index (χ0n) is 17.2. The van der Waals surface area contributed by atoms with Crippen LogP contribution in [0.2, 0.25) is 5.02 Å². The van der Waals surface area contributed by atoms with Gasteiger partial charge >= 0.3 is 11.7 Å². The molecule has 3 rings (SSSR count). The maximum Gasteiger partial charge on any atom is 0.330 e. The van der Waals surface area contributed by atoms with Crippen LogP contribution in [0.5, 0.6) is 5.75 Å². The van der Waals surface area contributed by atoms with Crippen molar-refractivity contribution in [1.29, 1.82) is 5.26 Å². The third-order valence-corrected chi connectivity index (χ3v) is 5.16. The van der Waals surface area contributed by atoms with E-state index in [1.807, 2.05) is 19.9 Å². The number of benzene rings is 2. The van der Waals surface area contributed by atoms with Gasteiger partial charge in [0.05, 0.1) is 46.9 Å². The lowest BCUT2D eigenvalue weighted by Crippen LogP contribution is -2.41. The third kappa shape index (κ3) is 4.05. The summed E-state index contributed by atoms with van der Waals surface area (Å²) >= 11 is 6.11. The fourth-order valence-electron chi connectivity index (χ4n) is 3.39. The predicted molar refractivity (Wildman–Crippen MR) is 114 cm³/mol. The molecule has 0 saturated heterocycles. The van der Waals surface area contributed by atoms with Crippen molar-refractivity contribution in [2.45, 2.75) is 32.9 Å². The molecule has 0 amide bonds. The summed E-state index contributed by atoms with van der Waals surface area (Å²) in [5.41, 5.74) is 1.46. The van der Waals surface area contributed by atoms with Crippen molar-refractivity contribution >= 4 is 28.6 Å². The normalized spacial score (nSPS) is 11.3. The molecular formula is C22H22ClN3O4. The third-order valence-electron chi connectivity index (χ3n) is 4.85. The summed E-state index contributed by atoms with van der Waals surface area (Å²) in [6, 6.07) is 12.5. The van der Waals surface area contributed by atoms with Crippen LogP contribution in [0.3, 0.4) is 0 Å². The minimum absolute atomic E-state index is 0.0378. The number of hydrogen-bond acceptors (Lipinski definition) is 5. The summed E-state index contributed by atoms with van der Waals surface area (Å²) in [5, 5.41) is 9.80. The fourth-order valence-corrected chi connectivity index (χ4v) is 3.59. The van der Waals surface area contributed by atoms with Crippen LogP contribution in [0.15, 0.2) is 41.2 Å². The van der Waals surface area contributed by atoms with E-state index in [2.05, 4.69) is 6.07 Å². The molecule has 1 heterocycles. The van der Waals surface area contributed by atoms with Gasteiger partial charge in [-0.25, -0.2) is 4.79 Å². The zero-order valence-corrected chi connectivity index (χ0v) is 18.0. The minimum atomic E-state index is -0.794. The Morgan fingerprint density at radius 1 is 1.20 bits per heavy atom. The molecular weight excluding hydrogens is 406 g/mol. The van der Waals surface area contributed by atoms with E-state index in [1.54, 1.807) is 39.5 Å². The Kier molecular flexibility index (Phi) is 5.90. The molecule has 0 bridgehead atoms. The van der Waals surface area contributed by atoms with E-state index in [0.29, 0.717) is 27.4 Å². The monoisotopic (exact) mass is 427 g/mol. The zero-order chi connectivity index (χ0) is 22.1. The van der Waals surface area contributed by atoms with Gasteiger partial charge in [-0.15, -0.1) is 0 Å². The lowest BCUT2D eigenvalue weighted by Gasteiger charge is -2.25. The van der Waals surface area contributed by atoms with Crippen LogP contribution >= 0.6 is 11.6 Å². The molecule has 0 atom stereocenters. The van der Waals surface area contributed by atoms with Gasteiger partial charge in [0.1, 0.15) is 12.4 Å². The van der Waals surface area contributed by atoms with E-state index in [-0.39, 0.29) is 18.8 Å². The van der Waals surface area contributed by atoms with Crippen molar-refractivity contribution in [3.63, 3.8) is 0 Å². The number of esters is 1. The number of nitriles is 1. The molecule has 1 aromatic heterocycles. The van der Waals surface area contributed by atoms with Crippen LogP contribution in [0, 0.1) is 11.3 Å². The molecule has 0 saturated carbocycles. The van der Waals surface area contributed by atoms with Crippen molar-refractivity contribution in [2.75, 3.05) is 13.7 Å². The SMILES string of the molecule is COc1cc(Cn2c(=O)n(C(C)(C)COC(C)=O)c3ccc(C#N)cc32)ccc1Cl. The fraction of sp³-hybridized carbons (Fsp3) is 0.318. The highest BCUT2D eigenvalue weighted by Crippen LogP contribution is 2.27. The highest BCUT2D eigenvalue weighted by molar-refractivity contribution is 6.32. The number of aromatic nitrogens is 2. The van der Waals surface area contributed by atoms with Gasteiger partial charge in [0.25, 0.3) is 0 Å². The highest BCUT2D eigenvalue weighted by Gasteiger charge is 2.28. The van der Waals surface area contributed by atoms with Crippen molar-refractivity contribution in [3.05, 3.63) is 63.0 Å². The molecule has 3 aromatic rings. The summed E-state index contributed by atoms with van der Waals surface area (Å²) < 4.78 is 13.7. The van der Waals surface area contributed by atoms with Gasteiger partial charge in [0.2, 0.25) is 0 Å². The highest BCUT2D eigenvalue weighted by atomic mass is 35.5. The van der Waals surface area contributed by atoms with E-state index in [0.717, 1.165) is 5.56 Å². The number of imidazole rings is 1. The van der Waals surface area contributed by atoms with Crippen LogP contribution in [0.1, 0.15) is 31.9 Å². The quantitative estimate of drug-likeness (QED) is 0.560. The molecule has 0 radical (unpaired) electrons. The van der Waals surface area contributed by atoms with Gasteiger partial charge in [0, 0.05) is 6.92 Å². The lowest BCUT2D eigenvalue weighted by molar-refractivity contribution is -0.143. The Labute approximate surface area is 179 Å². The molecule has 0 aliphatic carbocycles. The summed E-state index contributed by atoms with van der Waals surface area (Å²) in [4.78, 5) is 24.8. The van der Waals surface area contributed by atoms with Gasteiger partial charge in [0.15, 0.2) is 0 Å². The van der Waals surface area contributed by atoms with Crippen LogP contribution in [-0.4, -0.2) is 28.8 Å². The van der Waals surface area contributed by atoms with Gasteiger partial charge in [-0.05, 0) is 49.7 Å². The first-order chi connectivity index (χ1) is 14.2. The van der Waals surface area contributed by atoms with E-state index >= 15 is 0 Å². The van der Waals surface area contributed by atoms with Crippen LogP contribution in [0.25, 0.3) is 11.0 Å². The Balaban J connectivity index is 2.19. The van der Waals surface area contributed by atoms with E-state index in [9.17, 15) is 14.9 Å². The number of carbonyl (C=O) groups excluding carboxylic acids is 1. The Hall–Kier alpha value is -3.24. The molecule has 0 N–H and O–H groups in total. The van der Waals surface area contributed by atoms with E-state index in [1.165, 1.54) is 14.0 Å². The first-order valence-electron chi connectivity index (χ1n) is 9.29. The number of nitrogens with zero attached hydrogens (tertiary/aromatic N) is 3. The summed E-state index contributed by atoms with van der Waals surface area (Å²) in [6.45, 7) is 5.27. The van der Waals surface area contributed by atoms with Crippen molar-refractivity contribution in [2.24, 2.45) is 0 Å². The number of carbonyl (C=O) groups is 1.